The Balaban J connectivity index is 1.60. The Morgan fingerprint density at radius 3 is 3.10 bits per heavy atom. The van der Waals surface area contributed by atoms with Crippen LogP contribution in [-0.4, -0.2) is 46.6 Å². The van der Waals surface area contributed by atoms with E-state index in [9.17, 15) is 0 Å². The molecule has 2 aromatic heterocycles. The van der Waals surface area contributed by atoms with E-state index >= 15 is 0 Å². The van der Waals surface area contributed by atoms with Crippen LogP contribution in [-0.2, 0) is 17.8 Å². The van der Waals surface area contributed by atoms with Crippen molar-refractivity contribution in [1.29, 1.82) is 0 Å². The van der Waals surface area contributed by atoms with E-state index in [1.165, 1.54) is 0 Å². The second-order valence-electron chi connectivity index (χ2n) is 4.25. The van der Waals surface area contributed by atoms with Gasteiger partial charge in [0.2, 0.25) is 5.89 Å². The van der Waals surface area contributed by atoms with Gasteiger partial charge in [0.25, 0.3) is 0 Å². The van der Waals surface area contributed by atoms with Gasteiger partial charge in [-0.25, -0.2) is 4.98 Å². The molecular weight excluding hydrogens is 260 g/mol. The minimum atomic E-state index is 0.458. The molecule has 2 rings (SSSR count). The van der Waals surface area contributed by atoms with E-state index in [0.717, 1.165) is 26.1 Å². The van der Waals surface area contributed by atoms with Crippen LogP contribution in [0.1, 0.15) is 12.3 Å². The third-order valence-corrected chi connectivity index (χ3v) is 2.65. The first-order chi connectivity index (χ1) is 9.88. The Hall–Kier alpha value is -1.93. The van der Waals surface area contributed by atoms with Gasteiger partial charge in [0, 0.05) is 39.1 Å². The summed E-state index contributed by atoms with van der Waals surface area (Å²) in [5.41, 5.74) is 0. The molecule has 0 aromatic carbocycles. The lowest BCUT2D eigenvalue weighted by Crippen LogP contribution is -2.18. The summed E-state index contributed by atoms with van der Waals surface area (Å²) >= 11 is 0. The molecular formula is C12H20N6O2. The van der Waals surface area contributed by atoms with Crippen LogP contribution in [0.3, 0.4) is 0 Å². The highest BCUT2D eigenvalue weighted by Gasteiger charge is 2.04. The van der Waals surface area contributed by atoms with Gasteiger partial charge in [-0.3, -0.25) is 0 Å². The molecule has 2 N–H and O–H groups in total. The van der Waals surface area contributed by atoms with Crippen LogP contribution in [0.4, 0.5) is 6.01 Å². The number of aryl methyl sites for hydroxylation is 1. The molecule has 8 nitrogen and oxygen atoms in total. The molecule has 0 fully saturated rings. The molecule has 0 aliphatic heterocycles. The highest BCUT2D eigenvalue weighted by atomic mass is 16.5. The summed E-state index contributed by atoms with van der Waals surface area (Å²) in [5.74, 6) is 0.568. The highest BCUT2D eigenvalue weighted by Crippen LogP contribution is 2.05. The van der Waals surface area contributed by atoms with Crippen molar-refractivity contribution in [3.63, 3.8) is 0 Å². The number of rotatable bonds is 10. The number of hydrogen-bond donors (Lipinski definition) is 2. The summed E-state index contributed by atoms with van der Waals surface area (Å²) in [6.07, 6.45) is 6.47. The fraction of sp³-hybridized carbons (Fsp3) is 0.583. The van der Waals surface area contributed by atoms with Gasteiger partial charge >= 0.3 is 6.01 Å². The molecule has 0 aliphatic carbocycles. The molecule has 110 valence electrons. The molecule has 0 saturated carbocycles. The van der Waals surface area contributed by atoms with Gasteiger partial charge in [0.1, 0.15) is 0 Å². The molecule has 2 heterocycles. The van der Waals surface area contributed by atoms with Crippen LogP contribution in [0.25, 0.3) is 0 Å². The van der Waals surface area contributed by atoms with Crippen LogP contribution in [0.5, 0.6) is 0 Å². The van der Waals surface area contributed by atoms with Crippen LogP contribution >= 0.6 is 0 Å². The first kappa shape index (κ1) is 14.5. The topological polar surface area (TPSA) is 90.0 Å². The Labute approximate surface area is 117 Å². The number of hydrogen-bond acceptors (Lipinski definition) is 7. The van der Waals surface area contributed by atoms with Gasteiger partial charge in [-0.1, -0.05) is 5.10 Å². The van der Waals surface area contributed by atoms with Gasteiger partial charge in [0.15, 0.2) is 0 Å². The van der Waals surface area contributed by atoms with E-state index in [4.69, 9.17) is 9.15 Å². The average molecular weight is 280 g/mol. The van der Waals surface area contributed by atoms with Gasteiger partial charge in [0.05, 0.1) is 19.5 Å². The number of aromatic nitrogens is 4. The molecule has 0 radical (unpaired) electrons. The number of methoxy groups -OCH3 is 1. The SMILES string of the molecule is COCCNCc1nnc(NCCCn2ccnc2)o1. The predicted molar refractivity (Wildman–Crippen MR) is 73.2 cm³/mol. The van der Waals surface area contributed by atoms with Crippen molar-refractivity contribution in [2.45, 2.75) is 19.5 Å². The van der Waals surface area contributed by atoms with E-state index in [-0.39, 0.29) is 0 Å². The lowest BCUT2D eigenvalue weighted by molar-refractivity contribution is 0.198. The molecule has 8 heteroatoms. The second-order valence-corrected chi connectivity index (χ2v) is 4.25. The van der Waals surface area contributed by atoms with Crippen molar-refractivity contribution in [1.82, 2.24) is 25.1 Å². The minimum absolute atomic E-state index is 0.458. The van der Waals surface area contributed by atoms with Crippen LogP contribution in [0.15, 0.2) is 23.1 Å². The first-order valence-corrected chi connectivity index (χ1v) is 6.60. The lowest BCUT2D eigenvalue weighted by Gasteiger charge is -2.02. The van der Waals surface area contributed by atoms with E-state index < -0.39 is 0 Å². The van der Waals surface area contributed by atoms with Crippen molar-refractivity contribution in [3.05, 3.63) is 24.6 Å². The largest absolute Gasteiger partial charge is 0.407 e. The maximum Gasteiger partial charge on any atom is 0.315 e. The van der Waals surface area contributed by atoms with Crippen molar-refractivity contribution >= 4 is 6.01 Å². The summed E-state index contributed by atoms with van der Waals surface area (Å²) in [5, 5.41) is 14.1. The van der Waals surface area contributed by atoms with Gasteiger partial charge in [-0.15, -0.1) is 5.10 Å². The molecule has 0 atom stereocenters. The smallest absolute Gasteiger partial charge is 0.315 e. The Bertz CT molecular complexity index is 470. The number of imidazole rings is 1. The molecule has 20 heavy (non-hydrogen) atoms. The molecule has 0 bridgehead atoms. The van der Waals surface area contributed by atoms with E-state index in [0.29, 0.717) is 25.1 Å². The summed E-state index contributed by atoms with van der Waals surface area (Å²) < 4.78 is 12.4. The zero-order chi connectivity index (χ0) is 14.0. The fourth-order valence-corrected chi connectivity index (χ4v) is 1.64. The van der Waals surface area contributed by atoms with Crippen molar-refractivity contribution in [2.75, 3.05) is 32.1 Å². The van der Waals surface area contributed by atoms with E-state index in [1.807, 2.05) is 10.8 Å². The van der Waals surface area contributed by atoms with Crippen LogP contribution in [0.2, 0.25) is 0 Å². The highest BCUT2D eigenvalue weighted by molar-refractivity contribution is 5.16. The zero-order valence-corrected chi connectivity index (χ0v) is 11.6. The first-order valence-electron chi connectivity index (χ1n) is 6.60. The monoisotopic (exact) mass is 280 g/mol. The maximum absolute atomic E-state index is 5.45. The number of nitrogens with one attached hydrogen (secondary N) is 2. The summed E-state index contributed by atoms with van der Waals surface area (Å²) in [4.78, 5) is 3.99. The Morgan fingerprint density at radius 2 is 2.30 bits per heavy atom. The Kier molecular flexibility index (Phi) is 6.00. The second kappa shape index (κ2) is 8.28. The standard InChI is InChI=1S/C12H20N6O2/c1-19-8-5-13-9-11-16-17-12(20-11)15-3-2-6-18-7-4-14-10-18/h4,7,10,13H,2-3,5-6,8-9H2,1H3,(H,15,17). The summed E-state index contributed by atoms with van der Waals surface area (Å²) in [6.45, 7) is 3.65. The number of ether oxygens (including phenoxy) is 1. The third kappa shape index (κ3) is 4.98. The van der Waals surface area contributed by atoms with Crippen molar-refractivity contribution in [3.8, 4) is 0 Å². The summed E-state index contributed by atoms with van der Waals surface area (Å²) in [6, 6.07) is 0.458. The van der Waals surface area contributed by atoms with Crippen LogP contribution in [0, 0.1) is 0 Å². The van der Waals surface area contributed by atoms with Crippen molar-refractivity contribution < 1.29 is 9.15 Å². The molecule has 0 aliphatic rings. The van der Waals surface area contributed by atoms with Crippen molar-refractivity contribution in [2.24, 2.45) is 0 Å². The predicted octanol–water partition coefficient (Wildman–Crippen LogP) is 0.504. The van der Waals surface area contributed by atoms with Gasteiger partial charge < -0.3 is 24.4 Å². The normalized spacial score (nSPS) is 10.8. The van der Waals surface area contributed by atoms with Gasteiger partial charge in [-0.05, 0) is 6.42 Å². The lowest BCUT2D eigenvalue weighted by atomic mass is 10.4. The maximum atomic E-state index is 5.45. The van der Waals surface area contributed by atoms with Gasteiger partial charge in [-0.2, -0.15) is 0 Å². The average Bonchev–Trinajstić information content (AvgIpc) is 3.11. The Morgan fingerprint density at radius 1 is 1.35 bits per heavy atom. The quantitative estimate of drug-likeness (QED) is 0.613. The van der Waals surface area contributed by atoms with E-state index in [2.05, 4.69) is 25.8 Å². The molecule has 0 amide bonds. The molecule has 0 spiro atoms. The third-order valence-electron chi connectivity index (χ3n) is 2.65. The molecule has 0 saturated heterocycles. The number of anilines is 1. The van der Waals surface area contributed by atoms with Crippen LogP contribution < -0.4 is 10.6 Å². The van der Waals surface area contributed by atoms with E-state index in [1.54, 1.807) is 19.6 Å². The number of nitrogens with zero attached hydrogens (tertiary/aromatic N) is 4. The molecule has 0 unspecified atom stereocenters. The molecule has 2 aromatic rings. The fourth-order valence-electron chi connectivity index (χ4n) is 1.64. The minimum Gasteiger partial charge on any atom is -0.407 e. The zero-order valence-electron chi connectivity index (χ0n) is 11.6. The summed E-state index contributed by atoms with van der Waals surface area (Å²) in [7, 11) is 1.67.